The van der Waals surface area contributed by atoms with Crippen LogP contribution in [-0.2, 0) is 13.0 Å². The Labute approximate surface area is 147 Å². The summed E-state index contributed by atoms with van der Waals surface area (Å²) in [4.78, 5) is 18.9. The molecule has 3 rings (SSSR count). The van der Waals surface area contributed by atoms with E-state index in [4.69, 9.17) is 17.3 Å². The molecule has 2 N–H and O–H groups in total. The maximum absolute atomic E-state index is 12.9. The molecule has 0 bridgehead atoms. The van der Waals surface area contributed by atoms with Gasteiger partial charge in [-0.1, -0.05) is 29.8 Å². The van der Waals surface area contributed by atoms with E-state index < -0.39 is 0 Å². The summed E-state index contributed by atoms with van der Waals surface area (Å²) >= 11 is 6.18. The first kappa shape index (κ1) is 17.7. The average molecular weight is 352 g/mol. The molecule has 2 heterocycles. The summed E-state index contributed by atoms with van der Waals surface area (Å²) in [5.41, 5.74) is 8.84. The number of fused-ring (bicyclic) bond motifs is 1. The molecule has 0 spiro atoms. The molecule has 4 nitrogen and oxygen atoms in total. The van der Waals surface area contributed by atoms with Gasteiger partial charge in [0.25, 0.3) is 5.91 Å². The first-order chi connectivity index (χ1) is 10.7. The summed E-state index contributed by atoms with van der Waals surface area (Å²) < 4.78 is 0. The molecule has 0 unspecified atom stereocenters. The maximum Gasteiger partial charge on any atom is 0.261 e. The minimum Gasteiger partial charge on any atom is -0.325 e. The molecule has 0 saturated heterocycles. The topological polar surface area (TPSA) is 59.2 Å². The van der Waals surface area contributed by atoms with E-state index in [1.54, 1.807) is 12.1 Å². The Morgan fingerprint density at radius 2 is 2.00 bits per heavy atom. The largest absolute Gasteiger partial charge is 0.325 e. The summed E-state index contributed by atoms with van der Waals surface area (Å²) in [6.45, 7) is 1.01. The predicted molar refractivity (Wildman–Crippen MR) is 95.4 cm³/mol. The number of carbonyl (C=O) groups is 1. The minimum atomic E-state index is -0.101. The zero-order valence-corrected chi connectivity index (χ0v) is 14.2. The highest BCUT2D eigenvalue weighted by molar-refractivity contribution is 6.33. The van der Waals surface area contributed by atoms with E-state index in [1.807, 2.05) is 23.1 Å². The summed E-state index contributed by atoms with van der Waals surface area (Å²) in [6, 6.07) is 11.5. The molecule has 23 heavy (non-hydrogen) atoms. The van der Waals surface area contributed by atoms with E-state index in [-0.39, 0.29) is 23.5 Å². The average Bonchev–Trinajstić information content (AvgIpc) is 2.76. The smallest absolute Gasteiger partial charge is 0.261 e. The molecule has 1 aliphatic heterocycles. The second kappa shape index (κ2) is 7.77. The number of rotatable bonds is 2. The second-order valence-electron chi connectivity index (χ2n) is 5.39. The predicted octanol–water partition coefficient (Wildman–Crippen LogP) is 3.60. The summed E-state index contributed by atoms with van der Waals surface area (Å²) in [6.07, 6.45) is 3.06. The van der Waals surface area contributed by atoms with Crippen LogP contribution in [0.1, 0.15) is 34.5 Å². The molecule has 1 aromatic carbocycles. The van der Waals surface area contributed by atoms with E-state index in [9.17, 15) is 4.79 Å². The third kappa shape index (κ3) is 3.66. The number of hydrogen-bond acceptors (Lipinski definition) is 3. The SMILES string of the molecule is Cl.NCc1ccc(C(=O)N2CCCCc3ccccc32)c(Cl)n1. The monoisotopic (exact) mass is 351 g/mol. The van der Waals surface area contributed by atoms with Gasteiger partial charge in [0.1, 0.15) is 5.15 Å². The van der Waals surface area contributed by atoms with Crippen LogP contribution in [0.4, 0.5) is 5.69 Å². The zero-order chi connectivity index (χ0) is 15.5. The van der Waals surface area contributed by atoms with Crippen LogP contribution in [0.25, 0.3) is 0 Å². The molecule has 0 radical (unpaired) electrons. The van der Waals surface area contributed by atoms with Crippen molar-refractivity contribution in [2.24, 2.45) is 5.73 Å². The van der Waals surface area contributed by atoms with Gasteiger partial charge in [0.15, 0.2) is 0 Å². The minimum absolute atomic E-state index is 0. The Morgan fingerprint density at radius 1 is 1.22 bits per heavy atom. The van der Waals surface area contributed by atoms with Crippen LogP contribution in [0.3, 0.4) is 0 Å². The number of hydrogen-bond donors (Lipinski definition) is 1. The van der Waals surface area contributed by atoms with Gasteiger partial charge in [0, 0.05) is 18.8 Å². The first-order valence-corrected chi connectivity index (χ1v) is 7.84. The molecule has 6 heteroatoms. The van der Waals surface area contributed by atoms with Crippen molar-refractivity contribution in [3.63, 3.8) is 0 Å². The van der Waals surface area contributed by atoms with Crippen LogP contribution in [0.2, 0.25) is 5.15 Å². The van der Waals surface area contributed by atoms with E-state index in [2.05, 4.69) is 11.1 Å². The Hall–Kier alpha value is -1.62. The fraction of sp³-hybridized carbons (Fsp3) is 0.294. The van der Waals surface area contributed by atoms with Crippen molar-refractivity contribution in [2.75, 3.05) is 11.4 Å². The quantitative estimate of drug-likeness (QED) is 0.840. The number of para-hydroxylation sites is 1. The van der Waals surface area contributed by atoms with Crippen molar-refractivity contribution in [3.8, 4) is 0 Å². The summed E-state index contributed by atoms with van der Waals surface area (Å²) in [7, 11) is 0. The van der Waals surface area contributed by atoms with Gasteiger partial charge in [-0.3, -0.25) is 4.79 Å². The molecule has 0 fully saturated rings. The molecule has 1 aromatic heterocycles. The van der Waals surface area contributed by atoms with Crippen molar-refractivity contribution in [1.29, 1.82) is 0 Å². The number of benzene rings is 1. The molecular weight excluding hydrogens is 333 g/mol. The number of nitrogens with zero attached hydrogens (tertiary/aromatic N) is 2. The fourth-order valence-electron chi connectivity index (χ4n) is 2.79. The lowest BCUT2D eigenvalue weighted by Gasteiger charge is -2.23. The normalized spacial score (nSPS) is 13.7. The lowest BCUT2D eigenvalue weighted by atomic mass is 10.1. The molecule has 1 amide bonds. The van der Waals surface area contributed by atoms with Gasteiger partial charge >= 0.3 is 0 Å². The molecule has 1 aliphatic rings. The summed E-state index contributed by atoms with van der Waals surface area (Å²) in [5, 5.41) is 0.217. The van der Waals surface area contributed by atoms with Gasteiger partial charge in [-0.05, 0) is 43.0 Å². The molecular formula is C17H19Cl2N3O. The maximum atomic E-state index is 12.9. The van der Waals surface area contributed by atoms with Gasteiger partial charge in [-0.15, -0.1) is 12.4 Å². The van der Waals surface area contributed by atoms with Gasteiger partial charge in [-0.25, -0.2) is 4.98 Å². The lowest BCUT2D eigenvalue weighted by Crippen LogP contribution is -2.32. The highest BCUT2D eigenvalue weighted by atomic mass is 35.5. The Kier molecular flexibility index (Phi) is 5.99. The van der Waals surface area contributed by atoms with Gasteiger partial charge in [-0.2, -0.15) is 0 Å². The van der Waals surface area contributed by atoms with Crippen LogP contribution >= 0.6 is 24.0 Å². The van der Waals surface area contributed by atoms with Crippen molar-refractivity contribution < 1.29 is 4.79 Å². The van der Waals surface area contributed by atoms with E-state index in [0.717, 1.165) is 24.9 Å². The summed E-state index contributed by atoms with van der Waals surface area (Å²) in [5.74, 6) is -0.101. The first-order valence-electron chi connectivity index (χ1n) is 7.46. The standard InChI is InChI=1S/C17H18ClN3O.ClH/c18-16-14(9-8-13(11-19)20-16)17(22)21-10-4-3-6-12-5-1-2-7-15(12)21;/h1-2,5,7-9H,3-4,6,10-11,19H2;1H. The highest BCUT2D eigenvalue weighted by Gasteiger charge is 2.24. The Balaban J connectivity index is 0.00000192. The van der Waals surface area contributed by atoms with Gasteiger partial charge < -0.3 is 10.6 Å². The van der Waals surface area contributed by atoms with Crippen LogP contribution < -0.4 is 10.6 Å². The molecule has 0 atom stereocenters. The van der Waals surface area contributed by atoms with Crippen LogP contribution in [0.15, 0.2) is 36.4 Å². The van der Waals surface area contributed by atoms with E-state index >= 15 is 0 Å². The molecule has 0 aliphatic carbocycles. The Bertz CT molecular complexity index is 706. The van der Waals surface area contributed by atoms with Crippen LogP contribution in [-0.4, -0.2) is 17.4 Å². The third-order valence-corrected chi connectivity index (χ3v) is 4.24. The van der Waals surface area contributed by atoms with Gasteiger partial charge in [0.05, 0.1) is 11.3 Å². The van der Waals surface area contributed by atoms with E-state index in [1.165, 1.54) is 5.56 Å². The lowest BCUT2D eigenvalue weighted by molar-refractivity contribution is 0.0986. The van der Waals surface area contributed by atoms with Crippen molar-refractivity contribution in [1.82, 2.24) is 4.98 Å². The molecule has 122 valence electrons. The number of aromatic nitrogens is 1. The highest BCUT2D eigenvalue weighted by Crippen LogP contribution is 2.28. The number of aryl methyl sites for hydroxylation is 1. The third-order valence-electron chi connectivity index (χ3n) is 3.95. The van der Waals surface area contributed by atoms with Crippen molar-refractivity contribution >= 4 is 35.6 Å². The number of pyridine rings is 1. The van der Waals surface area contributed by atoms with Crippen molar-refractivity contribution in [3.05, 3.63) is 58.4 Å². The number of anilines is 1. The zero-order valence-electron chi connectivity index (χ0n) is 12.7. The fourth-order valence-corrected chi connectivity index (χ4v) is 3.05. The van der Waals surface area contributed by atoms with Crippen LogP contribution in [0, 0.1) is 0 Å². The Morgan fingerprint density at radius 3 is 2.74 bits per heavy atom. The molecule has 2 aromatic rings. The second-order valence-corrected chi connectivity index (χ2v) is 5.75. The van der Waals surface area contributed by atoms with E-state index in [0.29, 0.717) is 24.3 Å². The number of amides is 1. The van der Waals surface area contributed by atoms with Crippen LogP contribution in [0.5, 0.6) is 0 Å². The van der Waals surface area contributed by atoms with Crippen molar-refractivity contribution in [2.45, 2.75) is 25.8 Å². The number of carbonyl (C=O) groups excluding carboxylic acids is 1. The van der Waals surface area contributed by atoms with Gasteiger partial charge in [0.2, 0.25) is 0 Å². The number of halogens is 2. The molecule has 0 saturated carbocycles. The number of nitrogens with two attached hydrogens (primary N) is 1.